The normalized spacial score (nSPS) is 11.1. The van der Waals surface area contributed by atoms with E-state index in [-0.39, 0.29) is 0 Å². The predicted molar refractivity (Wildman–Crippen MR) is 82.2 cm³/mol. The maximum atomic E-state index is 6.23. The van der Waals surface area contributed by atoms with E-state index in [9.17, 15) is 0 Å². The fraction of sp³-hybridized carbons (Fsp3) is 0.133. The summed E-state index contributed by atoms with van der Waals surface area (Å²) >= 11 is 3.58. The molecule has 96 valence electrons. The lowest BCUT2D eigenvalue weighted by molar-refractivity contribution is 1.16. The zero-order valence-corrected chi connectivity index (χ0v) is 12.4. The standard InChI is InChI=1S/C15H14BrN3/c1-9-3-5-11(12(16)7-9)14-15(17)19-8-10(2)4-6-13(19)18-14/h3-8H,17H2,1-2H3. The van der Waals surface area contributed by atoms with Crippen LogP contribution in [-0.4, -0.2) is 9.38 Å². The van der Waals surface area contributed by atoms with Gasteiger partial charge in [0.25, 0.3) is 0 Å². The number of imidazole rings is 1. The van der Waals surface area contributed by atoms with Gasteiger partial charge < -0.3 is 5.73 Å². The van der Waals surface area contributed by atoms with Crippen LogP contribution >= 0.6 is 15.9 Å². The molecule has 0 aliphatic rings. The average Bonchev–Trinajstić information content (AvgIpc) is 2.67. The fourth-order valence-corrected chi connectivity index (χ4v) is 2.86. The number of aryl methyl sites for hydroxylation is 2. The van der Waals surface area contributed by atoms with Gasteiger partial charge in [-0.25, -0.2) is 4.98 Å². The minimum Gasteiger partial charge on any atom is -0.383 e. The van der Waals surface area contributed by atoms with Gasteiger partial charge in [0.1, 0.15) is 17.2 Å². The van der Waals surface area contributed by atoms with Gasteiger partial charge in [0, 0.05) is 16.2 Å². The van der Waals surface area contributed by atoms with E-state index in [1.165, 1.54) is 5.56 Å². The molecule has 3 rings (SSSR count). The molecule has 0 saturated heterocycles. The smallest absolute Gasteiger partial charge is 0.139 e. The number of nitrogens with two attached hydrogens (primary N) is 1. The molecule has 2 heterocycles. The second-order valence-electron chi connectivity index (χ2n) is 4.76. The van der Waals surface area contributed by atoms with E-state index in [1.54, 1.807) is 0 Å². The van der Waals surface area contributed by atoms with Gasteiger partial charge >= 0.3 is 0 Å². The van der Waals surface area contributed by atoms with Gasteiger partial charge in [-0.3, -0.25) is 4.40 Å². The van der Waals surface area contributed by atoms with Crippen LogP contribution in [0, 0.1) is 13.8 Å². The minimum atomic E-state index is 0.670. The molecule has 0 aliphatic heterocycles. The van der Waals surface area contributed by atoms with Crippen molar-refractivity contribution in [3.05, 3.63) is 52.1 Å². The third kappa shape index (κ3) is 2.02. The molecule has 1 aromatic carbocycles. The first kappa shape index (κ1) is 12.2. The molecule has 0 unspecified atom stereocenters. The molecule has 0 amide bonds. The Balaban J connectivity index is 2.28. The van der Waals surface area contributed by atoms with Gasteiger partial charge in [-0.2, -0.15) is 0 Å². The first-order chi connectivity index (χ1) is 9.06. The quantitative estimate of drug-likeness (QED) is 0.738. The van der Waals surface area contributed by atoms with E-state index in [4.69, 9.17) is 5.73 Å². The molecule has 0 spiro atoms. The van der Waals surface area contributed by atoms with Crippen LogP contribution in [0.5, 0.6) is 0 Å². The summed E-state index contributed by atoms with van der Waals surface area (Å²) in [6.45, 7) is 4.10. The van der Waals surface area contributed by atoms with Crippen molar-refractivity contribution in [3.63, 3.8) is 0 Å². The summed E-state index contributed by atoms with van der Waals surface area (Å²) in [5.74, 6) is 0.670. The van der Waals surface area contributed by atoms with Crippen LogP contribution in [-0.2, 0) is 0 Å². The number of aromatic nitrogens is 2. The van der Waals surface area contributed by atoms with Gasteiger partial charge in [-0.1, -0.05) is 34.1 Å². The Morgan fingerprint density at radius 1 is 1.11 bits per heavy atom. The molecule has 0 atom stereocenters. The van der Waals surface area contributed by atoms with E-state index in [0.29, 0.717) is 5.82 Å². The van der Waals surface area contributed by atoms with Gasteiger partial charge in [0.2, 0.25) is 0 Å². The highest BCUT2D eigenvalue weighted by Gasteiger charge is 2.13. The molecule has 0 aliphatic carbocycles. The van der Waals surface area contributed by atoms with Crippen LogP contribution in [0.3, 0.4) is 0 Å². The van der Waals surface area contributed by atoms with E-state index in [1.807, 2.05) is 35.7 Å². The lowest BCUT2D eigenvalue weighted by Crippen LogP contribution is -1.95. The topological polar surface area (TPSA) is 43.3 Å². The summed E-state index contributed by atoms with van der Waals surface area (Å²) in [6.07, 6.45) is 2.00. The molecular weight excluding hydrogens is 302 g/mol. The van der Waals surface area contributed by atoms with Crippen molar-refractivity contribution in [2.75, 3.05) is 5.73 Å². The molecule has 0 radical (unpaired) electrons. The lowest BCUT2D eigenvalue weighted by atomic mass is 10.1. The SMILES string of the molecule is Cc1ccc(-c2nc3ccc(C)cn3c2N)c(Br)c1. The van der Waals surface area contributed by atoms with Crippen molar-refractivity contribution < 1.29 is 0 Å². The summed E-state index contributed by atoms with van der Waals surface area (Å²) in [4.78, 5) is 4.62. The highest BCUT2D eigenvalue weighted by Crippen LogP contribution is 2.32. The zero-order valence-electron chi connectivity index (χ0n) is 10.8. The number of nitrogens with zero attached hydrogens (tertiary/aromatic N) is 2. The molecule has 3 nitrogen and oxygen atoms in total. The van der Waals surface area contributed by atoms with Crippen LogP contribution in [0.4, 0.5) is 5.82 Å². The predicted octanol–water partition coefficient (Wildman–Crippen LogP) is 3.96. The molecular formula is C15H14BrN3. The Kier molecular flexibility index (Phi) is 2.82. The molecule has 4 heteroatoms. The number of halogens is 1. The van der Waals surface area contributed by atoms with Crippen molar-refractivity contribution in [3.8, 4) is 11.3 Å². The molecule has 0 fully saturated rings. The number of anilines is 1. The molecule has 2 N–H and O–H groups in total. The first-order valence-corrected chi connectivity index (χ1v) is 6.86. The molecule has 3 aromatic rings. The maximum absolute atomic E-state index is 6.23. The van der Waals surface area contributed by atoms with Gasteiger partial charge in [0.15, 0.2) is 0 Å². The summed E-state index contributed by atoms with van der Waals surface area (Å²) in [5, 5.41) is 0. The van der Waals surface area contributed by atoms with Crippen LogP contribution in [0.15, 0.2) is 41.0 Å². The lowest BCUT2D eigenvalue weighted by Gasteiger charge is -2.04. The van der Waals surface area contributed by atoms with Gasteiger partial charge in [0.05, 0.1) is 0 Å². The number of pyridine rings is 1. The van der Waals surface area contributed by atoms with Crippen molar-refractivity contribution in [1.82, 2.24) is 9.38 Å². The van der Waals surface area contributed by atoms with Crippen molar-refractivity contribution in [2.24, 2.45) is 0 Å². The Morgan fingerprint density at radius 2 is 1.84 bits per heavy atom. The zero-order chi connectivity index (χ0) is 13.6. The summed E-state index contributed by atoms with van der Waals surface area (Å²) in [7, 11) is 0. The van der Waals surface area contributed by atoms with E-state index in [0.717, 1.165) is 26.9 Å². The van der Waals surface area contributed by atoms with E-state index in [2.05, 4.69) is 40.0 Å². The minimum absolute atomic E-state index is 0.670. The number of benzene rings is 1. The number of hydrogen-bond acceptors (Lipinski definition) is 2. The number of nitrogen functional groups attached to an aromatic ring is 1. The van der Waals surface area contributed by atoms with E-state index >= 15 is 0 Å². The Labute approximate surface area is 120 Å². The van der Waals surface area contributed by atoms with E-state index < -0.39 is 0 Å². The largest absolute Gasteiger partial charge is 0.383 e. The second-order valence-corrected chi connectivity index (χ2v) is 5.62. The Morgan fingerprint density at radius 3 is 2.58 bits per heavy atom. The molecule has 0 saturated carbocycles. The monoisotopic (exact) mass is 315 g/mol. The van der Waals surface area contributed by atoms with Crippen LogP contribution in [0.25, 0.3) is 16.9 Å². The highest BCUT2D eigenvalue weighted by molar-refractivity contribution is 9.10. The van der Waals surface area contributed by atoms with Gasteiger partial charge in [-0.05, 0) is 37.1 Å². The first-order valence-electron chi connectivity index (χ1n) is 6.07. The maximum Gasteiger partial charge on any atom is 0.139 e. The van der Waals surface area contributed by atoms with Crippen LogP contribution in [0.2, 0.25) is 0 Å². The fourth-order valence-electron chi connectivity index (χ4n) is 2.18. The summed E-state index contributed by atoms with van der Waals surface area (Å²) in [6, 6.07) is 10.2. The van der Waals surface area contributed by atoms with Crippen LogP contribution in [0.1, 0.15) is 11.1 Å². The molecule has 19 heavy (non-hydrogen) atoms. The van der Waals surface area contributed by atoms with Crippen LogP contribution < -0.4 is 5.73 Å². The van der Waals surface area contributed by atoms with Crippen molar-refractivity contribution >= 4 is 27.4 Å². The van der Waals surface area contributed by atoms with Crippen molar-refractivity contribution in [1.29, 1.82) is 0 Å². The number of rotatable bonds is 1. The number of fused-ring (bicyclic) bond motifs is 1. The number of hydrogen-bond donors (Lipinski definition) is 1. The molecule has 0 bridgehead atoms. The Bertz CT molecular complexity index is 774. The summed E-state index contributed by atoms with van der Waals surface area (Å²) < 4.78 is 2.94. The van der Waals surface area contributed by atoms with Gasteiger partial charge in [-0.15, -0.1) is 0 Å². The average molecular weight is 316 g/mol. The third-order valence-electron chi connectivity index (χ3n) is 3.18. The molecule has 2 aromatic heterocycles. The second kappa shape index (κ2) is 4.38. The Hall–Kier alpha value is -1.81. The highest BCUT2D eigenvalue weighted by atomic mass is 79.9. The third-order valence-corrected chi connectivity index (χ3v) is 3.84. The van der Waals surface area contributed by atoms with Crippen molar-refractivity contribution in [2.45, 2.75) is 13.8 Å². The summed E-state index contributed by atoms with van der Waals surface area (Å²) in [5.41, 5.74) is 11.3.